The van der Waals surface area contributed by atoms with Crippen LogP contribution in [0.4, 0.5) is 0 Å². The Morgan fingerprint density at radius 2 is 1.90 bits per heavy atom. The second-order valence-electron chi connectivity index (χ2n) is 8.62. The van der Waals surface area contributed by atoms with Gasteiger partial charge in [-0.1, -0.05) is 38.1 Å². The zero-order chi connectivity index (χ0) is 21.8. The van der Waals surface area contributed by atoms with Crippen molar-refractivity contribution in [1.82, 2.24) is 9.55 Å². The zero-order valence-electron chi connectivity index (χ0n) is 17.5. The van der Waals surface area contributed by atoms with Gasteiger partial charge < -0.3 is 9.47 Å². The second-order valence-corrected chi connectivity index (χ2v) is 9.60. The van der Waals surface area contributed by atoms with E-state index in [2.05, 4.69) is 18.8 Å². The molecule has 0 radical (unpaired) electrons. The average Bonchev–Trinajstić information content (AvgIpc) is 3.26. The number of rotatable bonds is 3. The summed E-state index contributed by atoms with van der Waals surface area (Å²) in [6, 6.07) is 13.2. The number of carbonyl (C=O) groups is 1. The van der Waals surface area contributed by atoms with Crippen LogP contribution in [0.3, 0.4) is 0 Å². The number of Topliss-reactive ketones (excluding diaryl/α,β-unsaturated/α-hetero) is 1. The number of fused-ring (bicyclic) bond motifs is 1. The number of methoxy groups -OCH3 is 1. The molecule has 31 heavy (non-hydrogen) atoms. The summed E-state index contributed by atoms with van der Waals surface area (Å²) < 4.78 is 13.0. The Balaban J connectivity index is 1.80. The van der Waals surface area contributed by atoms with Crippen molar-refractivity contribution >= 4 is 17.1 Å². The zero-order valence-corrected chi connectivity index (χ0v) is 18.4. The van der Waals surface area contributed by atoms with E-state index in [1.54, 1.807) is 0 Å². The molecular weight excluding hydrogens is 412 g/mol. The van der Waals surface area contributed by atoms with Crippen LogP contribution in [-0.4, -0.2) is 22.4 Å². The molecule has 1 aromatic carbocycles. The number of para-hydroxylation sites is 1. The molecule has 7 heteroatoms. The van der Waals surface area contributed by atoms with Gasteiger partial charge in [-0.25, -0.2) is 4.57 Å². The minimum Gasteiger partial charge on any atom is -0.468 e. The van der Waals surface area contributed by atoms with Crippen LogP contribution in [0, 0.1) is 5.41 Å². The lowest BCUT2D eigenvalue weighted by atomic mass is 9.71. The molecule has 0 amide bonds. The number of hydrogen-bond donors (Lipinski definition) is 0. The van der Waals surface area contributed by atoms with E-state index >= 15 is 0 Å². The van der Waals surface area contributed by atoms with Gasteiger partial charge in [-0.15, -0.1) is 11.3 Å². The van der Waals surface area contributed by atoms with Crippen LogP contribution in [0.25, 0.3) is 5.69 Å². The Morgan fingerprint density at radius 3 is 2.58 bits per heavy atom. The highest BCUT2D eigenvalue weighted by Gasteiger charge is 2.44. The SMILES string of the molecule is COc1nc2c(c(=O)n1-c1ccccc1)C(c1cccs1)C1=C(CC(C)(C)CC1=O)O2. The molecule has 1 aliphatic carbocycles. The molecule has 0 bridgehead atoms. The van der Waals surface area contributed by atoms with E-state index in [1.807, 2.05) is 47.8 Å². The first-order valence-corrected chi connectivity index (χ1v) is 11.0. The van der Waals surface area contributed by atoms with Gasteiger partial charge in [0, 0.05) is 23.3 Å². The maximum absolute atomic E-state index is 13.8. The molecule has 0 spiro atoms. The van der Waals surface area contributed by atoms with Crippen molar-refractivity contribution in [2.75, 3.05) is 7.11 Å². The number of carbonyl (C=O) groups excluding carboxylic acids is 1. The van der Waals surface area contributed by atoms with Gasteiger partial charge in [0.15, 0.2) is 5.78 Å². The Morgan fingerprint density at radius 1 is 1.13 bits per heavy atom. The third kappa shape index (κ3) is 3.20. The van der Waals surface area contributed by atoms with Crippen LogP contribution in [-0.2, 0) is 4.79 Å². The lowest BCUT2D eigenvalue weighted by Gasteiger charge is -2.37. The molecule has 2 aliphatic rings. The van der Waals surface area contributed by atoms with Crippen molar-refractivity contribution < 1.29 is 14.3 Å². The minimum atomic E-state index is -0.497. The lowest BCUT2D eigenvalue weighted by molar-refractivity contribution is -0.118. The van der Waals surface area contributed by atoms with Gasteiger partial charge >= 0.3 is 6.01 Å². The largest absolute Gasteiger partial charge is 0.468 e. The van der Waals surface area contributed by atoms with Crippen molar-refractivity contribution in [2.24, 2.45) is 5.41 Å². The Hall–Kier alpha value is -3.19. The maximum atomic E-state index is 13.8. The van der Waals surface area contributed by atoms with Gasteiger partial charge in [-0.2, -0.15) is 4.98 Å². The van der Waals surface area contributed by atoms with Crippen LogP contribution in [0.2, 0.25) is 0 Å². The van der Waals surface area contributed by atoms with E-state index in [1.165, 1.54) is 23.0 Å². The molecule has 0 saturated carbocycles. The Labute approximate surface area is 183 Å². The molecule has 1 atom stereocenters. The van der Waals surface area contributed by atoms with Gasteiger partial charge in [-0.3, -0.25) is 9.59 Å². The molecular formula is C24H22N2O4S. The molecule has 3 aromatic rings. The number of thiophene rings is 1. The molecule has 0 fully saturated rings. The number of allylic oxidation sites excluding steroid dienone is 2. The first kappa shape index (κ1) is 19.8. The topological polar surface area (TPSA) is 70.4 Å². The number of benzene rings is 1. The van der Waals surface area contributed by atoms with Crippen LogP contribution in [0.5, 0.6) is 11.9 Å². The third-order valence-electron chi connectivity index (χ3n) is 5.75. The second kappa shape index (κ2) is 7.20. The summed E-state index contributed by atoms with van der Waals surface area (Å²) in [7, 11) is 1.48. The summed E-state index contributed by atoms with van der Waals surface area (Å²) in [6.07, 6.45) is 1.03. The van der Waals surface area contributed by atoms with E-state index in [4.69, 9.17) is 9.47 Å². The molecule has 0 saturated heterocycles. The highest BCUT2D eigenvalue weighted by molar-refractivity contribution is 7.10. The Bertz CT molecular complexity index is 1260. The van der Waals surface area contributed by atoms with Crippen molar-refractivity contribution in [2.45, 2.75) is 32.6 Å². The fourth-order valence-electron chi connectivity index (χ4n) is 4.45. The van der Waals surface area contributed by atoms with Crippen LogP contribution >= 0.6 is 11.3 Å². The van der Waals surface area contributed by atoms with Crippen LogP contribution in [0.15, 0.2) is 64.0 Å². The summed E-state index contributed by atoms with van der Waals surface area (Å²) >= 11 is 1.52. The highest BCUT2D eigenvalue weighted by atomic mass is 32.1. The van der Waals surface area contributed by atoms with E-state index in [0.717, 1.165) is 4.88 Å². The summed E-state index contributed by atoms with van der Waals surface area (Å²) in [5.41, 5.74) is 1.09. The number of nitrogens with zero attached hydrogens (tertiary/aromatic N) is 2. The standard InChI is InChI=1S/C24H22N2O4S/c1-24(2)12-15(27)18-16(13-24)30-21-20(19(18)17-10-7-11-31-17)22(28)26(23(25-21)29-3)14-8-5-4-6-9-14/h4-11,19H,12-13H2,1-3H3. The smallest absolute Gasteiger partial charge is 0.307 e. The molecule has 2 aromatic heterocycles. The predicted octanol–water partition coefficient (Wildman–Crippen LogP) is 4.47. The molecule has 5 rings (SSSR count). The molecule has 3 heterocycles. The van der Waals surface area contributed by atoms with E-state index in [9.17, 15) is 9.59 Å². The van der Waals surface area contributed by atoms with Crippen LogP contribution in [0.1, 0.15) is 43.0 Å². The van der Waals surface area contributed by atoms with Gasteiger partial charge in [0.1, 0.15) is 5.76 Å². The third-order valence-corrected chi connectivity index (χ3v) is 6.69. The molecule has 158 valence electrons. The number of aromatic nitrogens is 2. The van der Waals surface area contributed by atoms with Crippen LogP contribution < -0.4 is 15.0 Å². The average molecular weight is 435 g/mol. The van der Waals surface area contributed by atoms with Gasteiger partial charge in [0.25, 0.3) is 5.56 Å². The molecule has 1 unspecified atom stereocenters. The summed E-state index contributed by atoms with van der Waals surface area (Å²) in [5.74, 6) is 0.357. The summed E-state index contributed by atoms with van der Waals surface area (Å²) in [4.78, 5) is 32.6. The normalized spacial score (nSPS) is 19.5. The fraction of sp³-hybridized carbons (Fsp3) is 0.292. The fourth-order valence-corrected chi connectivity index (χ4v) is 5.30. The predicted molar refractivity (Wildman–Crippen MR) is 118 cm³/mol. The van der Waals surface area contributed by atoms with Gasteiger partial charge in [0.2, 0.25) is 5.88 Å². The Kier molecular flexibility index (Phi) is 4.59. The van der Waals surface area contributed by atoms with E-state index in [0.29, 0.717) is 35.4 Å². The van der Waals surface area contributed by atoms with E-state index < -0.39 is 5.92 Å². The van der Waals surface area contributed by atoms with Crippen molar-refractivity contribution in [3.8, 4) is 17.6 Å². The minimum absolute atomic E-state index is 0.0248. The summed E-state index contributed by atoms with van der Waals surface area (Å²) in [6.45, 7) is 4.10. The number of ketones is 1. The maximum Gasteiger partial charge on any atom is 0.307 e. The highest BCUT2D eigenvalue weighted by Crippen LogP contribution is 2.49. The number of ether oxygens (including phenoxy) is 2. The summed E-state index contributed by atoms with van der Waals surface area (Å²) in [5, 5.41) is 1.95. The van der Waals surface area contributed by atoms with Crippen molar-refractivity contribution in [1.29, 1.82) is 0 Å². The molecule has 6 nitrogen and oxygen atoms in total. The monoisotopic (exact) mass is 434 g/mol. The number of hydrogen-bond acceptors (Lipinski definition) is 6. The lowest BCUT2D eigenvalue weighted by Crippen LogP contribution is -2.37. The van der Waals surface area contributed by atoms with Gasteiger partial charge in [-0.05, 0) is 29.0 Å². The van der Waals surface area contributed by atoms with Gasteiger partial charge in [0.05, 0.1) is 24.3 Å². The van der Waals surface area contributed by atoms with E-state index in [-0.39, 0.29) is 28.6 Å². The first-order chi connectivity index (χ1) is 14.9. The molecule has 1 aliphatic heterocycles. The molecule has 0 N–H and O–H groups in total. The first-order valence-electron chi connectivity index (χ1n) is 10.1. The quantitative estimate of drug-likeness (QED) is 0.608. The van der Waals surface area contributed by atoms with Crippen molar-refractivity contribution in [3.05, 3.63) is 80.0 Å². The van der Waals surface area contributed by atoms with Crippen molar-refractivity contribution in [3.63, 3.8) is 0 Å².